The zero-order valence-electron chi connectivity index (χ0n) is 8.81. The number of aromatic nitrogens is 5. The van der Waals surface area contributed by atoms with E-state index in [1.165, 1.54) is 4.63 Å². The molecule has 0 aliphatic heterocycles. The van der Waals surface area contributed by atoms with Gasteiger partial charge in [0.05, 0.1) is 5.75 Å². The van der Waals surface area contributed by atoms with Gasteiger partial charge in [-0.05, 0) is 29.0 Å². The van der Waals surface area contributed by atoms with Crippen LogP contribution in [0.1, 0.15) is 6.42 Å². The SMILES string of the molecule is NS(=O)(=O)CCCNc1ccc2nnnn2n1. The van der Waals surface area contributed by atoms with Crippen LogP contribution in [0.25, 0.3) is 5.65 Å². The number of primary sulfonamides is 1. The molecule has 92 valence electrons. The number of fused-ring (bicyclic) bond motifs is 1. The first-order valence-electron chi connectivity index (χ1n) is 4.84. The molecule has 2 heterocycles. The number of hydrogen-bond donors (Lipinski definition) is 2. The molecule has 0 radical (unpaired) electrons. The summed E-state index contributed by atoms with van der Waals surface area (Å²) in [4.78, 5) is 0. The minimum Gasteiger partial charge on any atom is -0.369 e. The van der Waals surface area contributed by atoms with E-state index in [2.05, 4.69) is 25.9 Å². The number of hydrogen-bond acceptors (Lipinski definition) is 7. The van der Waals surface area contributed by atoms with E-state index in [1.807, 2.05) is 0 Å². The highest BCUT2D eigenvalue weighted by atomic mass is 32.2. The second-order valence-corrected chi connectivity index (χ2v) is 5.13. The number of anilines is 1. The van der Waals surface area contributed by atoms with Crippen molar-refractivity contribution in [2.24, 2.45) is 5.14 Å². The Bertz CT molecular complexity index is 607. The van der Waals surface area contributed by atoms with Gasteiger partial charge in [-0.25, -0.2) is 13.6 Å². The molecule has 0 unspecified atom stereocenters. The zero-order valence-corrected chi connectivity index (χ0v) is 9.63. The second-order valence-electron chi connectivity index (χ2n) is 3.39. The van der Waals surface area contributed by atoms with Gasteiger partial charge in [0.15, 0.2) is 5.65 Å². The van der Waals surface area contributed by atoms with Crippen LogP contribution in [0.3, 0.4) is 0 Å². The molecule has 0 amide bonds. The second kappa shape index (κ2) is 4.59. The van der Waals surface area contributed by atoms with E-state index in [-0.39, 0.29) is 5.75 Å². The first kappa shape index (κ1) is 11.7. The molecule has 0 fully saturated rings. The maximum Gasteiger partial charge on any atom is 0.209 e. The quantitative estimate of drug-likeness (QED) is 0.631. The van der Waals surface area contributed by atoms with Crippen LogP contribution in [0.4, 0.5) is 5.82 Å². The molecule has 2 aromatic heterocycles. The van der Waals surface area contributed by atoms with Crippen LogP contribution < -0.4 is 10.5 Å². The third kappa shape index (κ3) is 3.32. The fourth-order valence-corrected chi connectivity index (χ4v) is 1.78. The van der Waals surface area contributed by atoms with E-state index in [0.29, 0.717) is 24.4 Å². The predicted octanol–water partition coefficient (Wildman–Crippen LogP) is -1.39. The lowest BCUT2D eigenvalue weighted by molar-refractivity contribution is 0.595. The molecule has 0 aromatic carbocycles. The predicted molar refractivity (Wildman–Crippen MR) is 59.7 cm³/mol. The molecule has 9 nitrogen and oxygen atoms in total. The Labute approximate surface area is 97.0 Å². The Kier molecular flexibility index (Phi) is 3.15. The van der Waals surface area contributed by atoms with Crippen molar-refractivity contribution in [2.75, 3.05) is 17.6 Å². The standard InChI is InChI=1S/C7H11N7O2S/c8-17(15,16)5-1-4-9-6-2-3-7-10-12-13-14(7)11-6/h2-3H,1,4-5H2,(H,9,11)(H2,8,15,16). The summed E-state index contributed by atoms with van der Waals surface area (Å²) in [6.07, 6.45) is 0.411. The normalized spacial score (nSPS) is 11.8. The van der Waals surface area contributed by atoms with Crippen molar-refractivity contribution < 1.29 is 8.42 Å². The van der Waals surface area contributed by atoms with E-state index in [1.54, 1.807) is 12.1 Å². The molecule has 0 saturated heterocycles. The van der Waals surface area contributed by atoms with Gasteiger partial charge in [0, 0.05) is 6.54 Å². The molecule has 3 N–H and O–H groups in total. The Hall–Kier alpha value is -1.81. The fourth-order valence-electron chi connectivity index (χ4n) is 1.23. The van der Waals surface area contributed by atoms with Gasteiger partial charge in [-0.1, -0.05) is 0 Å². The lowest BCUT2D eigenvalue weighted by Gasteiger charge is -2.03. The van der Waals surface area contributed by atoms with E-state index in [0.717, 1.165) is 0 Å². The van der Waals surface area contributed by atoms with Crippen LogP contribution in [0.2, 0.25) is 0 Å². The summed E-state index contributed by atoms with van der Waals surface area (Å²) in [5.74, 6) is 0.506. The first-order chi connectivity index (χ1) is 8.04. The summed E-state index contributed by atoms with van der Waals surface area (Å²) in [5, 5.41) is 22.7. The molecular formula is C7H11N7O2S. The van der Waals surface area contributed by atoms with Crippen molar-refractivity contribution in [3.63, 3.8) is 0 Å². The number of tetrazole rings is 1. The van der Waals surface area contributed by atoms with Gasteiger partial charge in [0.2, 0.25) is 10.0 Å². The van der Waals surface area contributed by atoms with Crippen LogP contribution in [0, 0.1) is 0 Å². The van der Waals surface area contributed by atoms with Gasteiger partial charge >= 0.3 is 0 Å². The van der Waals surface area contributed by atoms with Gasteiger partial charge in [0.1, 0.15) is 5.82 Å². The molecule has 17 heavy (non-hydrogen) atoms. The minimum absolute atomic E-state index is 0.0624. The van der Waals surface area contributed by atoms with Gasteiger partial charge in [-0.3, -0.25) is 0 Å². The van der Waals surface area contributed by atoms with Gasteiger partial charge in [-0.15, -0.1) is 14.8 Å². The van der Waals surface area contributed by atoms with Crippen LogP contribution in [-0.4, -0.2) is 46.0 Å². The fraction of sp³-hybridized carbons (Fsp3) is 0.429. The topological polar surface area (TPSA) is 128 Å². The van der Waals surface area contributed by atoms with E-state index in [4.69, 9.17) is 5.14 Å². The summed E-state index contributed by atoms with van der Waals surface area (Å²) in [6.45, 7) is 0.455. The lowest BCUT2D eigenvalue weighted by Crippen LogP contribution is -2.19. The molecule has 2 rings (SSSR count). The van der Waals surface area contributed by atoms with Crippen molar-refractivity contribution >= 4 is 21.5 Å². The highest BCUT2D eigenvalue weighted by Gasteiger charge is 2.03. The van der Waals surface area contributed by atoms with Crippen molar-refractivity contribution in [3.05, 3.63) is 12.1 Å². The van der Waals surface area contributed by atoms with Gasteiger partial charge in [-0.2, -0.15) is 0 Å². The smallest absolute Gasteiger partial charge is 0.209 e. The molecule has 0 atom stereocenters. The van der Waals surface area contributed by atoms with Crippen molar-refractivity contribution in [1.29, 1.82) is 0 Å². The van der Waals surface area contributed by atoms with Crippen LogP contribution in [-0.2, 0) is 10.0 Å². The zero-order chi connectivity index (χ0) is 12.3. The Morgan fingerprint density at radius 2 is 2.24 bits per heavy atom. The molecule has 2 aromatic rings. The van der Waals surface area contributed by atoms with Crippen molar-refractivity contribution in [1.82, 2.24) is 25.3 Å². The van der Waals surface area contributed by atoms with Crippen LogP contribution in [0.15, 0.2) is 12.1 Å². The van der Waals surface area contributed by atoms with E-state index in [9.17, 15) is 8.42 Å². The molecule has 0 spiro atoms. The average molecular weight is 257 g/mol. The molecule has 0 aliphatic rings. The summed E-state index contributed by atoms with van der Waals surface area (Å²) in [6, 6.07) is 3.41. The highest BCUT2D eigenvalue weighted by molar-refractivity contribution is 7.89. The molecule has 0 bridgehead atoms. The van der Waals surface area contributed by atoms with E-state index >= 15 is 0 Å². The number of nitrogens with two attached hydrogens (primary N) is 1. The maximum absolute atomic E-state index is 10.7. The molecule has 0 aliphatic carbocycles. The third-order valence-corrected chi connectivity index (χ3v) is 2.84. The van der Waals surface area contributed by atoms with Crippen molar-refractivity contribution in [3.8, 4) is 0 Å². The maximum atomic E-state index is 10.7. The summed E-state index contributed by atoms with van der Waals surface area (Å²) in [5.41, 5.74) is 0.542. The summed E-state index contributed by atoms with van der Waals surface area (Å²) < 4.78 is 22.7. The third-order valence-electron chi connectivity index (χ3n) is 1.98. The number of sulfonamides is 1. The lowest BCUT2D eigenvalue weighted by atomic mass is 10.4. The Balaban J connectivity index is 1.90. The largest absolute Gasteiger partial charge is 0.369 e. The molecule has 10 heteroatoms. The highest BCUT2D eigenvalue weighted by Crippen LogP contribution is 2.02. The number of rotatable bonds is 5. The number of nitrogens with zero attached hydrogens (tertiary/aromatic N) is 5. The monoisotopic (exact) mass is 257 g/mol. The summed E-state index contributed by atoms with van der Waals surface area (Å²) in [7, 11) is -3.40. The Morgan fingerprint density at radius 1 is 1.41 bits per heavy atom. The van der Waals surface area contributed by atoms with Gasteiger partial charge in [0.25, 0.3) is 0 Å². The first-order valence-corrected chi connectivity index (χ1v) is 6.56. The average Bonchev–Trinajstić information content (AvgIpc) is 2.70. The van der Waals surface area contributed by atoms with Crippen molar-refractivity contribution in [2.45, 2.75) is 6.42 Å². The minimum atomic E-state index is -3.40. The number of nitrogens with one attached hydrogen (secondary N) is 1. The summed E-state index contributed by atoms with van der Waals surface area (Å²) >= 11 is 0. The Morgan fingerprint density at radius 3 is 3.00 bits per heavy atom. The molecular weight excluding hydrogens is 246 g/mol. The molecule has 0 saturated carbocycles. The van der Waals surface area contributed by atoms with Gasteiger partial charge < -0.3 is 5.32 Å². The van der Waals surface area contributed by atoms with E-state index < -0.39 is 10.0 Å². The van der Waals surface area contributed by atoms with Crippen LogP contribution >= 0.6 is 0 Å². The van der Waals surface area contributed by atoms with Crippen LogP contribution in [0.5, 0.6) is 0 Å².